The van der Waals surface area contributed by atoms with Crippen molar-refractivity contribution >= 4 is 72.9 Å². The molecular weight excluding hydrogens is 751 g/mol. The number of hydrogen-bond acceptors (Lipinski definition) is 2. The van der Waals surface area contributed by atoms with E-state index in [-0.39, 0.29) is 23.1 Å². The van der Waals surface area contributed by atoms with Crippen LogP contribution in [0.15, 0.2) is 150 Å². The Labute approximate surface area is 362 Å². The molecule has 8 aromatic carbocycles. The van der Waals surface area contributed by atoms with Crippen LogP contribution in [0, 0.1) is 0 Å². The molecule has 3 nitrogen and oxygen atoms in total. The van der Waals surface area contributed by atoms with Crippen LogP contribution >= 0.6 is 0 Å². The van der Waals surface area contributed by atoms with Gasteiger partial charge in [0, 0.05) is 55.0 Å². The molecule has 4 heteroatoms. The number of benzene rings is 8. The van der Waals surface area contributed by atoms with Gasteiger partial charge in [-0.05, 0) is 121 Å². The lowest BCUT2D eigenvalue weighted by atomic mass is 9.43. The largest absolute Gasteiger partial charge is 0.456 e. The molecule has 0 bridgehead atoms. The van der Waals surface area contributed by atoms with Gasteiger partial charge in [-0.3, -0.25) is 0 Å². The van der Waals surface area contributed by atoms with Gasteiger partial charge in [0.15, 0.2) is 0 Å². The predicted molar refractivity (Wildman–Crippen MR) is 261 cm³/mol. The van der Waals surface area contributed by atoms with Crippen molar-refractivity contribution in [1.29, 1.82) is 0 Å². The summed E-state index contributed by atoms with van der Waals surface area (Å²) >= 11 is 0. The monoisotopic (exact) mass is 796 g/mol. The summed E-state index contributed by atoms with van der Waals surface area (Å²) in [5, 5.41) is 4.92. The smallest absolute Gasteiger partial charge is 0.333 e. The number of nitrogens with zero attached hydrogens (tertiary/aromatic N) is 2. The molecule has 2 aliphatic carbocycles. The summed E-state index contributed by atoms with van der Waals surface area (Å²) in [5.74, 6) is 0. The number of hydrogen-bond donors (Lipinski definition) is 0. The third-order valence-corrected chi connectivity index (χ3v) is 15.5. The lowest BCUT2D eigenvalue weighted by Gasteiger charge is -2.42. The normalized spacial score (nSPS) is 15.9. The van der Waals surface area contributed by atoms with Crippen LogP contribution in [0.1, 0.15) is 76.3 Å². The Bertz CT molecular complexity index is 3680. The zero-order valence-corrected chi connectivity index (χ0v) is 36.2. The van der Waals surface area contributed by atoms with E-state index in [0.717, 1.165) is 21.9 Å². The maximum atomic E-state index is 6.66. The van der Waals surface area contributed by atoms with Crippen LogP contribution in [0.5, 0.6) is 0 Å². The van der Waals surface area contributed by atoms with Gasteiger partial charge in [-0.1, -0.05) is 146 Å². The average molecular weight is 797 g/mol. The van der Waals surface area contributed by atoms with E-state index in [9.17, 15) is 0 Å². The van der Waals surface area contributed by atoms with Gasteiger partial charge in [-0.15, -0.1) is 0 Å². The highest BCUT2D eigenvalue weighted by Crippen LogP contribution is 2.54. The van der Waals surface area contributed by atoms with Crippen molar-refractivity contribution in [2.75, 3.05) is 4.81 Å². The SMILES string of the molecule is CC(C)(C)c1ccc(N2B3c4cc5c(cc4-n4c6cc7c(cc6c6ccc(c3c64)-c3cc4oc6ccccc6c4cc32)C(C)(C)c2ccccc2-7)-c2ccccc2C5(C)C)cc1. The summed E-state index contributed by atoms with van der Waals surface area (Å²) in [5.41, 5.74) is 25.4. The quantitative estimate of drug-likeness (QED) is 0.154. The molecule has 4 aliphatic rings. The van der Waals surface area contributed by atoms with E-state index in [1.165, 1.54) is 111 Å². The molecule has 0 unspecified atom stereocenters. The topological polar surface area (TPSA) is 21.3 Å². The molecule has 0 fully saturated rings. The first-order chi connectivity index (χ1) is 29.9. The molecule has 296 valence electrons. The Morgan fingerprint density at radius 1 is 0.484 bits per heavy atom. The number of anilines is 2. The van der Waals surface area contributed by atoms with Crippen LogP contribution < -0.4 is 15.7 Å². The maximum absolute atomic E-state index is 6.66. The molecule has 10 aromatic rings. The Hall–Kier alpha value is -6.78. The third kappa shape index (κ3) is 4.14. The van der Waals surface area contributed by atoms with E-state index in [2.05, 4.69) is 203 Å². The van der Waals surface area contributed by atoms with Gasteiger partial charge in [0.2, 0.25) is 0 Å². The van der Waals surface area contributed by atoms with Gasteiger partial charge >= 0.3 is 6.85 Å². The first-order valence-corrected chi connectivity index (χ1v) is 22.3. The van der Waals surface area contributed by atoms with E-state index in [4.69, 9.17) is 4.42 Å². The minimum Gasteiger partial charge on any atom is -0.456 e. The van der Waals surface area contributed by atoms with E-state index in [1.54, 1.807) is 0 Å². The zero-order valence-electron chi connectivity index (χ0n) is 36.2. The summed E-state index contributed by atoms with van der Waals surface area (Å²) in [7, 11) is 0. The molecule has 2 aromatic heterocycles. The first kappa shape index (κ1) is 34.9. The van der Waals surface area contributed by atoms with Crippen LogP contribution in [0.3, 0.4) is 0 Å². The fourth-order valence-corrected chi connectivity index (χ4v) is 12.4. The van der Waals surface area contributed by atoms with Crippen LogP contribution in [-0.4, -0.2) is 11.4 Å². The van der Waals surface area contributed by atoms with E-state index in [1.807, 2.05) is 0 Å². The van der Waals surface area contributed by atoms with Gasteiger partial charge in [-0.25, -0.2) is 0 Å². The number of rotatable bonds is 1. The summed E-state index contributed by atoms with van der Waals surface area (Å²) in [4.78, 5) is 2.67. The van der Waals surface area contributed by atoms with E-state index < -0.39 is 0 Å². The van der Waals surface area contributed by atoms with Gasteiger partial charge in [0.25, 0.3) is 0 Å². The summed E-state index contributed by atoms with van der Waals surface area (Å²) < 4.78 is 9.31. The van der Waals surface area contributed by atoms with Crippen molar-refractivity contribution in [2.45, 2.75) is 64.7 Å². The Balaban J connectivity index is 1.16. The number of furan rings is 1. The minimum atomic E-state index is -0.154. The lowest BCUT2D eigenvalue weighted by molar-refractivity contribution is 0.590. The molecule has 0 N–H and O–H groups in total. The molecule has 0 amide bonds. The molecule has 0 spiro atoms. The van der Waals surface area contributed by atoms with Crippen LogP contribution in [-0.2, 0) is 16.2 Å². The Morgan fingerprint density at radius 2 is 1.15 bits per heavy atom. The Morgan fingerprint density at radius 3 is 1.87 bits per heavy atom. The molecule has 62 heavy (non-hydrogen) atoms. The molecule has 0 saturated heterocycles. The van der Waals surface area contributed by atoms with Crippen molar-refractivity contribution < 1.29 is 4.42 Å². The lowest BCUT2D eigenvalue weighted by Crippen LogP contribution is -2.60. The van der Waals surface area contributed by atoms with Gasteiger partial charge in [0.1, 0.15) is 11.2 Å². The molecule has 14 rings (SSSR count). The summed E-state index contributed by atoms with van der Waals surface area (Å²) in [6.45, 7) is 16.5. The van der Waals surface area contributed by atoms with Gasteiger partial charge < -0.3 is 13.8 Å². The molecular formula is C58H45BN2O. The Kier molecular flexibility index (Phi) is 6.29. The molecule has 4 heterocycles. The predicted octanol–water partition coefficient (Wildman–Crippen LogP) is 13.8. The first-order valence-electron chi connectivity index (χ1n) is 22.3. The second kappa shape index (κ2) is 11.2. The second-order valence-corrected chi connectivity index (χ2v) is 20.5. The van der Waals surface area contributed by atoms with E-state index in [0.29, 0.717) is 0 Å². The van der Waals surface area contributed by atoms with Crippen molar-refractivity contribution in [2.24, 2.45) is 0 Å². The van der Waals surface area contributed by atoms with Crippen LogP contribution in [0.2, 0.25) is 0 Å². The number of aromatic nitrogens is 1. The molecule has 0 saturated carbocycles. The highest BCUT2D eigenvalue weighted by atomic mass is 16.3. The second-order valence-electron chi connectivity index (χ2n) is 20.5. The van der Waals surface area contributed by atoms with Gasteiger partial charge in [-0.2, -0.15) is 0 Å². The zero-order chi connectivity index (χ0) is 41.8. The van der Waals surface area contributed by atoms with Crippen LogP contribution in [0.4, 0.5) is 11.4 Å². The summed E-state index contributed by atoms with van der Waals surface area (Å²) in [6, 6.07) is 55.9. The molecule has 0 atom stereocenters. The highest BCUT2D eigenvalue weighted by Gasteiger charge is 2.47. The third-order valence-electron chi connectivity index (χ3n) is 15.5. The highest BCUT2D eigenvalue weighted by molar-refractivity contribution is 6.93. The summed E-state index contributed by atoms with van der Waals surface area (Å²) in [6.07, 6.45) is 0. The maximum Gasteiger partial charge on any atom is 0.333 e. The van der Waals surface area contributed by atoms with Crippen molar-refractivity contribution in [3.8, 4) is 39.1 Å². The fourth-order valence-electron chi connectivity index (χ4n) is 12.4. The average Bonchev–Trinajstić information content (AvgIpc) is 3.94. The molecule has 0 radical (unpaired) electrons. The van der Waals surface area contributed by atoms with Crippen molar-refractivity contribution in [3.05, 3.63) is 173 Å². The fraction of sp³-hybridized carbons (Fsp3) is 0.172. The molecule has 2 aliphatic heterocycles. The van der Waals surface area contributed by atoms with E-state index >= 15 is 0 Å². The van der Waals surface area contributed by atoms with Gasteiger partial charge in [0.05, 0.1) is 11.0 Å². The van der Waals surface area contributed by atoms with Crippen molar-refractivity contribution in [3.63, 3.8) is 0 Å². The number of fused-ring (bicyclic) bond motifs is 17. The number of para-hydroxylation sites is 1. The van der Waals surface area contributed by atoms with Crippen LogP contribution in [0.25, 0.3) is 82.8 Å². The minimum absolute atomic E-state index is 0.0356. The van der Waals surface area contributed by atoms with Crippen molar-refractivity contribution in [1.82, 2.24) is 4.57 Å². The standard InChI is InChI=1S/C58H45BN2O/c1-56(2,3)32-20-22-33(23-21-32)61-50-29-43-36-16-10-13-19-52(36)62-53(43)30-42(50)37-24-25-38-41-26-46-39(34-14-8-11-17-44(34)57(46,4)5)27-49(41)60-51-28-40-35-15-9-12-18-45(35)58(6,7)47(40)31-48(51)59(61)54(37)55(38)60/h8-31H,1-7H3.